The van der Waals surface area contributed by atoms with Gasteiger partial charge in [-0.2, -0.15) is 0 Å². The normalized spacial score (nSPS) is 5.00. The van der Waals surface area contributed by atoms with Crippen LogP contribution >= 0.6 is 0 Å². The standard InChI is InChI=1S/2H2O.2O.Ti/h2*1H2;;;/q;;;;+1/p-1. The van der Waals surface area contributed by atoms with Gasteiger partial charge in [0.2, 0.25) is 0 Å². The first-order valence-electron chi connectivity index (χ1n) is 0.632. The average Bonchev–Trinajstić information content (AvgIpc) is 0.811. The van der Waals surface area contributed by atoms with Crippen molar-refractivity contribution in [3.05, 3.63) is 0 Å². The van der Waals surface area contributed by atoms with Gasteiger partial charge in [-0.15, -0.1) is 0 Å². The molecule has 0 fully saturated rings. The van der Waals surface area contributed by atoms with E-state index in [-0.39, 0.29) is 5.48 Å². The Balaban J connectivity index is 0. The van der Waals surface area contributed by atoms with E-state index in [1.165, 1.54) is 0 Å². The number of hydrogen-bond acceptors (Lipinski definition) is 2. The molecule has 0 bridgehead atoms. The molecule has 0 amide bonds. The van der Waals surface area contributed by atoms with E-state index in [1.54, 1.807) is 0 Å². The van der Waals surface area contributed by atoms with Gasteiger partial charge in [0, 0.05) is 0 Å². The third-order valence-electron chi connectivity index (χ3n) is 0. The van der Waals surface area contributed by atoms with Gasteiger partial charge >= 0.3 is 28.5 Å². The van der Waals surface area contributed by atoms with Crippen molar-refractivity contribution in [2.24, 2.45) is 0 Å². The molecular weight excluding hydrogens is 112 g/mol. The molecular formula is H3O4Ti. The van der Waals surface area contributed by atoms with Gasteiger partial charge in [0.15, 0.2) is 0 Å². The van der Waals surface area contributed by atoms with E-state index < -0.39 is 18.2 Å². The SMILES string of the molecule is O.[O]=[Ti](=[O])[OH]. The second-order valence-corrected chi connectivity index (χ2v) is 1.10. The summed E-state index contributed by atoms with van der Waals surface area (Å²) in [7, 11) is 0. The van der Waals surface area contributed by atoms with E-state index in [0.29, 0.717) is 0 Å². The van der Waals surface area contributed by atoms with Crippen LogP contribution in [0.5, 0.6) is 0 Å². The zero-order chi connectivity index (χ0) is 3.58. The molecule has 0 saturated heterocycles. The van der Waals surface area contributed by atoms with Crippen molar-refractivity contribution in [2.45, 2.75) is 0 Å². The third-order valence-corrected chi connectivity index (χ3v) is 0. The van der Waals surface area contributed by atoms with Crippen molar-refractivity contribution in [3.63, 3.8) is 0 Å². The van der Waals surface area contributed by atoms with E-state index in [0.717, 1.165) is 0 Å². The summed E-state index contributed by atoms with van der Waals surface area (Å²) in [6.07, 6.45) is 0. The monoisotopic (exact) mass is 115 g/mol. The topological polar surface area (TPSA) is 85.9 Å². The average molecular weight is 115 g/mol. The maximum absolute atomic E-state index is 8.69. The second kappa shape index (κ2) is 4.23. The van der Waals surface area contributed by atoms with E-state index in [1.807, 2.05) is 0 Å². The predicted molar refractivity (Wildman–Crippen MR) is 7.21 cm³/mol. The van der Waals surface area contributed by atoms with Crippen molar-refractivity contribution < 1.29 is 34.0 Å². The van der Waals surface area contributed by atoms with Crippen molar-refractivity contribution in [3.8, 4) is 0 Å². The molecule has 0 aliphatic carbocycles. The molecule has 0 aromatic rings. The first-order chi connectivity index (χ1) is 1.73. The van der Waals surface area contributed by atoms with Crippen LogP contribution in [0.15, 0.2) is 0 Å². The van der Waals surface area contributed by atoms with Gasteiger partial charge in [0.1, 0.15) is 0 Å². The molecule has 4 nitrogen and oxygen atoms in total. The molecule has 0 atom stereocenters. The van der Waals surface area contributed by atoms with Crippen LogP contribution < -0.4 is 0 Å². The van der Waals surface area contributed by atoms with Crippen molar-refractivity contribution in [1.82, 2.24) is 0 Å². The van der Waals surface area contributed by atoms with Crippen LogP contribution in [0.3, 0.4) is 0 Å². The zero-order valence-corrected chi connectivity index (χ0v) is 3.83. The van der Waals surface area contributed by atoms with Crippen molar-refractivity contribution >= 4 is 0 Å². The second-order valence-electron chi connectivity index (χ2n) is 0.266. The molecule has 0 spiro atoms. The third kappa shape index (κ3) is 385. The maximum atomic E-state index is 8.69. The first kappa shape index (κ1) is 8.97. The van der Waals surface area contributed by atoms with Gasteiger partial charge in [-0.1, -0.05) is 0 Å². The number of hydrogen-bond donors (Lipinski definition) is 1. The first-order valence-corrected chi connectivity index (χ1v) is 2.61. The van der Waals surface area contributed by atoms with E-state index in [9.17, 15) is 0 Å². The van der Waals surface area contributed by atoms with E-state index >= 15 is 0 Å². The van der Waals surface area contributed by atoms with Gasteiger partial charge < -0.3 is 5.48 Å². The fraction of sp³-hybridized carbons (Fsp3) is 0. The summed E-state index contributed by atoms with van der Waals surface area (Å²) in [4.78, 5) is 0. The van der Waals surface area contributed by atoms with Gasteiger partial charge in [-0.05, 0) is 0 Å². The summed E-state index contributed by atoms with van der Waals surface area (Å²) in [5.41, 5.74) is 0. The molecule has 0 saturated carbocycles. The van der Waals surface area contributed by atoms with Crippen LogP contribution in [-0.2, 0) is 24.8 Å². The summed E-state index contributed by atoms with van der Waals surface area (Å²) < 4.78 is 24.5. The van der Waals surface area contributed by atoms with Gasteiger partial charge in [-0.25, -0.2) is 0 Å². The molecule has 0 aromatic heterocycles. The summed E-state index contributed by atoms with van der Waals surface area (Å²) in [5, 5.41) is 0. The van der Waals surface area contributed by atoms with Gasteiger partial charge in [-0.3, -0.25) is 0 Å². The van der Waals surface area contributed by atoms with Crippen LogP contribution in [-0.4, -0.2) is 9.16 Å². The fourth-order valence-corrected chi connectivity index (χ4v) is 0. The van der Waals surface area contributed by atoms with Crippen LogP contribution in [0.1, 0.15) is 0 Å². The Morgan fingerprint density at radius 1 is 1.40 bits per heavy atom. The van der Waals surface area contributed by atoms with Crippen molar-refractivity contribution in [2.75, 3.05) is 0 Å². The van der Waals surface area contributed by atoms with E-state index in [4.69, 9.17) is 10.3 Å². The van der Waals surface area contributed by atoms with Crippen molar-refractivity contribution in [1.29, 1.82) is 0 Å². The molecule has 5 heteroatoms. The predicted octanol–water partition coefficient (Wildman–Crippen LogP) is -1.62. The molecule has 31 valence electrons. The molecule has 0 aliphatic heterocycles. The summed E-state index contributed by atoms with van der Waals surface area (Å²) in [5.74, 6) is 0. The molecule has 5 heavy (non-hydrogen) atoms. The zero-order valence-electron chi connectivity index (χ0n) is 2.26. The minimum atomic E-state index is -3.83. The van der Waals surface area contributed by atoms with Crippen LogP contribution in [0.2, 0.25) is 0 Å². The molecule has 3 N–H and O–H groups in total. The molecule has 0 aromatic carbocycles. The van der Waals surface area contributed by atoms with E-state index in [2.05, 4.69) is 0 Å². The number of rotatable bonds is 0. The molecule has 0 unspecified atom stereocenters. The summed E-state index contributed by atoms with van der Waals surface area (Å²) in [6, 6.07) is 0. The van der Waals surface area contributed by atoms with Gasteiger partial charge in [0.25, 0.3) is 0 Å². The quantitative estimate of drug-likeness (QED) is 0.384. The Morgan fingerprint density at radius 3 is 1.40 bits per heavy atom. The molecule has 0 heterocycles. The van der Waals surface area contributed by atoms with Crippen LogP contribution in [0.4, 0.5) is 0 Å². The summed E-state index contributed by atoms with van der Waals surface area (Å²) >= 11 is -3.83. The molecule has 0 rings (SSSR count). The Bertz CT molecular complexity index is 52.0. The van der Waals surface area contributed by atoms with Gasteiger partial charge in [0.05, 0.1) is 0 Å². The Hall–Kier alpha value is 0.234. The Labute approximate surface area is 34.7 Å². The minimum absolute atomic E-state index is 0. The molecule has 0 aliphatic rings. The summed E-state index contributed by atoms with van der Waals surface area (Å²) in [6.45, 7) is 0. The van der Waals surface area contributed by atoms with Crippen LogP contribution in [0, 0.1) is 0 Å². The molecule has 0 radical (unpaired) electrons. The Kier molecular flexibility index (Phi) is 7.60. The fourth-order valence-electron chi connectivity index (χ4n) is 0. The van der Waals surface area contributed by atoms with Crippen LogP contribution in [0.25, 0.3) is 0 Å². The Morgan fingerprint density at radius 2 is 1.40 bits per heavy atom.